The van der Waals surface area contributed by atoms with Gasteiger partial charge >= 0.3 is 11.9 Å². The zero-order valence-electron chi connectivity index (χ0n) is 15.5. The highest BCUT2D eigenvalue weighted by Gasteiger charge is 2.28. The quantitative estimate of drug-likeness (QED) is 0.280. The molecular weight excluding hydrogens is 304 g/mol. The summed E-state index contributed by atoms with van der Waals surface area (Å²) >= 11 is 0. The Bertz CT molecular complexity index is 363. The molecule has 0 saturated carbocycles. The Labute approximate surface area is 147 Å². The maximum Gasteiger partial charge on any atom is 0.307 e. The molecule has 0 saturated heterocycles. The monoisotopic (exact) mass is 340 g/mol. The van der Waals surface area contributed by atoms with Crippen molar-refractivity contribution in [3.8, 4) is 0 Å². The summed E-state index contributed by atoms with van der Waals surface area (Å²) in [6.07, 6.45) is 15.8. The summed E-state index contributed by atoms with van der Waals surface area (Å²) in [4.78, 5) is 22.5. The van der Waals surface area contributed by atoms with Crippen LogP contribution in [0.4, 0.5) is 0 Å². The predicted octanol–water partition coefficient (Wildman–Crippen LogP) is 5.67. The van der Waals surface area contributed by atoms with E-state index in [0.717, 1.165) is 44.9 Å². The number of carboxylic acid groups (broad SMARTS) is 2. The van der Waals surface area contributed by atoms with Crippen molar-refractivity contribution >= 4 is 11.9 Å². The molecule has 0 amide bonds. The molecule has 0 aromatic carbocycles. The van der Waals surface area contributed by atoms with Crippen LogP contribution < -0.4 is 0 Å². The van der Waals surface area contributed by atoms with Gasteiger partial charge in [-0.15, -0.1) is 0 Å². The first-order valence-electron chi connectivity index (χ1n) is 9.64. The molecule has 0 rings (SSSR count). The van der Waals surface area contributed by atoms with Crippen molar-refractivity contribution in [2.24, 2.45) is 11.8 Å². The summed E-state index contributed by atoms with van der Waals surface area (Å²) in [5.74, 6) is -3.02. The molecule has 0 aromatic heterocycles. The lowest BCUT2D eigenvalue weighted by Gasteiger charge is -2.20. The van der Waals surface area contributed by atoms with Crippen LogP contribution in [-0.4, -0.2) is 22.2 Å². The lowest BCUT2D eigenvalue weighted by Crippen LogP contribution is -2.25. The van der Waals surface area contributed by atoms with Gasteiger partial charge in [0.25, 0.3) is 0 Å². The fraction of sp³-hybridized carbons (Fsp3) is 0.800. The van der Waals surface area contributed by atoms with E-state index in [1.807, 2.05) is 6.08 Å². The zero-order valence-corrected chi connectivity index (χ0v) is 15.5. The van der Waals surface area contributed by atoms with Gasteiger partial charge in [0.15, 0.2) is 0 Å². The number of unbranched alkanes of at least 4 members (excludes halogenated alkanes) is 8. The molecule has 0 aliphatic rings. The van der Waals surface area contributed by atoms with E-state index in [-0.39, 0.29) is 12.3 Å². The van der Waals surface area contributed by atoms with E-state index in [1.165, 1.54) is 25.7 Å². The molecular formula is C20H36O4. The minimum absolute atomic E-state index is 0.175. The van der Waals surface area contributed by atoms with E-state index in [4.69, 9.17) is 5.11 Å². The van der Waals surface area contributed by atoms with E-state index in [0.29, 0.717) is 0 Å². The largest absolute Gasteiger partial charge is 0.481 e. The topological polar surface area (TPSA) is 74.6 Å². The normalized spacial score (nSPS) is 13.9. The first kappa shape index (κ1) is 22.7. The molecule has 0 spiro atoms. The van der Waals surface area contributed by atoms with Crippen LogP contribution in [0.15, 0.2) is 12.2 Å². The van der Waals surface area contributed by atoms with Gasteiger partial charge in [-0.1, -0.05) is 77.4 Å². The molecule has 4 heteroatoms. The molecule has 0 aromatic rings. The van der Waals surface area contributed by atoms with Crippen LogP contribution in [-0.2, 0) is 9.59 Å². The molecule has 2 unspecified atom stereocenters. The van der Waals surface area contributed by atoms with Crippen molar-refractivity contribution in [3.63, 3.8) is 0 Å². The molecule has 0 bridgehead atoms. The van der Waals surface area contributed by atoms with Gasteiger partial charge in [0.05, 0.1) is 12.3 Å². The Morgan fingerprint density at radius 1 is 0.875 bits per heavy atom. The Hall–Kier alpha value is -1.32. The molecule has 0 heterocycles. The van der Waals surface area contributed by atoms with Crippen molar-refractivity contribution in [3.05, 3.63) is 12.2 Å². The van der Waals surface area contributed by atoms with Crippen LogP contribution in [0.1, 0.15) is 90.9 Å². The second-order valence-corrected chi connectivity index (χ2v) is 6.69. The van der Waals surface area contributed by atoms with Gasteiger partial charge < -0.3 is 10.2 Å². The Kier molecular flexibility index (Phi) is 14.4. The van der Waals surface area contributed by atoms with Crippen LogP contribution in [0.3, 0.4) is 0 Å². The number of carbonyl (C=O) groups is 2. The van der Waals surface area contributed by atoms with Gasteiger partial charge in [0, 0.05) is 0 Å². The van der Waals surface area contributed by atoms with Crippen LogP contribution in [0, 0.1) is 11.8 Å². The molecule has 24 heavy (non-hydrogen) atoms. The fourth-order valence-corrected chi connectivity index (χ4v) is 2.99. The highest BCUT2D eigenvalue weighted by Crippen LogP contribution is 2.25. The molecule has 0 aliphatic carbocycles. The molecule has 4 nitrogen and oxygen atoms in total. The summed E-state index contributed by atoms with van der Waals surface area (Å²) < 4.78 is 0. The summed E-state index contributed by atoms with van der Waals surface area (Å²) in [7, 11) is 0. The van der Waals surface area contributed by atoms with E-state index >= 15 is 0 Å². The fourth-order valence-electron chi connectivity index (χ4n) is 2.99. The minimum atomic E-state index is -1.03. The van der Waals surface area contributed by atoms with Gasteiger partial charge in [-0.05, 0) is 25.2 Å². The summed E-state index contributed by atoms with van der Waals surface area (Å²) in [5.41, 5.74) is 0. The second kappa shape index (κ2) is 15.2. The SMILES string of the molecule is CCCCCCCC=CC(CCCCCC)C(CC(=O)O)C(=O)O. The van der Waals surface area contributed by atoms with Gasteiger partial charge in [-0.25, -0.2) is 0 Å². The van der Waals surface area contributed by atoms with E-state index in [2.05, 4.69) is 19.9 Å². The number of aliphatic carboxylic acids is 2. The average Bonchev–Trinajstić information content (AvgIpc) is 2.53. The van der Waals surface area contributed by atoms with Crippen molar-refractivity contribution < 1.29 is 19.8 Å². The third-order valence-corrected chi connectivity index (χ3v) is 4.48. The first-order chi connectivity index (χ1) is 11.5. The molecule has 0 aliphatic heterocycles. The van der Waals surface area contributed by atoms with Crippen LogP contribution in [0.5, 0.6) is 0 Å². The number of allylic oxidation sites excluding steroid dienone is 2. The third-order valence-electron chi connectivity index (χ3n) is 4.48. The molecule has 140 valence electrons. The van der Waals surface area contributed by atoms with E-state index in [9.17, 15) is 14.7 Å². The predicted molar refractivity (Wildman–Crippen MR) is 98.1 cm³/mol. The molecule has 0 radical (unpaired) electrons. The molecule has 2 atom stereocenters. The van der Waals surface area contributed by atoms with Crippen LogP contribution in [0.2, 0.25) is 0 Å². The van der Waals surface area contributed by atoms with Crippen molar-refractivity contribution in [2.75, 3.05) is 0 Å². The highest BCUT2D eigenvalue weighted by atomic mass is 16.4. The summed E-state index contributed by atoms with van der Waals surface area (Å²) in [6, 6.07) is 0. The van der Waals surface area contributed by atoms with Gasteiger partial charge in [0.1, 0.15) is 0 Å². The Balaban J connectivity index is 4.53. The van der Waals surface area contributed by atoms with Gasteiger partial charge in [0.2, 0.25) is 0 Å². The maximum absolute atomic E-state index is 11.5. The van der Waals surface area contributed by atoms with Crippen molar-refractivity contribution in [1.82, 2.24) is 0 Å². The zero-order chi connectivity index (χ0) is 18.2. The molecule has 2 N–H and O–H groups in total. The van der Waals surface area contributed by atoms with Gasteiger partial charge in [-0.3, -0.25) is 9.59 Å². The van der Waals surface area contributed by atoms with Crippen LogP contribution >= 0.6 is 0 Å². The maximum atomic E-state index is 11.5. The number of carboxylic acids is 2. The van der Waals surface area contributed by atoms with Crippen LogP contribution in [0.25, 0.3) is 0 Å². The third kappa shape index (κ3) is 12.1. The first-order valence-corrected chi connectivity index (χ1v) is 9.64. The van der Waals surface area contributed by atoms with E-state index < -0.39 is 17.9 Å². The lowest BCUT2D eigenvalue weighted by atomic mass is 9.84. The summed E-state index contributed by atoms with van der Waals surface area (Å²) in [5, 5.41) is 18.4. The standard InChI is InChI=1S/C20H36O4/c1-3-5-7-9-10-11-13-15-17(14-12-8-6-4-2)18(20(23)24)16-19(21)22/h13,15,17-18H,3-12,14,16H2,1-2H3,(H,21,22)(H,23,24). The lowest BCUT2D eigenvalue weighted by molar-refractivity contribution is -0.149. The second-order valence-electron chi connectivity index (χ2n) is 6.69. The number of hydrogen-bond acceptors (Lipinski definition) is 2. The minimum Gasteiger partial charge on any atom is -0.481 e. The smallest absolute Gasteiger partial charge is 0.307 e. The highest BCUT2D eigenvalue weighted by molar-refractivity contribution is 5.78. The Morgan fingerprint density at radius 2 is 1.46 bits per heavy atom. The number of hydrogen-bond donors (Lipinski definition) is 2. The van der Waals surface area contributed by atoms with Crippen molar-refractivity contribution in [2.45, 2.75) is 90.9 Å². The van der Waals surface area contributed by atoms with Crippen molar-refractivity contribution in [1.29, 1.82) is 0 Å². The summed E-state index contributed by atoms with van der Waals surface area (Å²) in [6.45, 7) is 4.33. The Morgan fingerprint density at radius 3 is 2.00 bits per heavy atom. The average molecular weight is 341 g/mol. The number of rotatable bonds is 16. The molecule has 0 fully saturated rings. The van der Waals surface area contributed by atoms with Gasteiger partial charge in [-0.2, -0.15) is 0 Å². The van der Waals surface area contributed by atoms with E-state index in [1.54, 1.807) is 0 Å².